The molecule has 1 aromatic carbocycles. The van der Waals surface area contributed by atoms with Crippen LogP contribution >= 0.6 is 0 Å². The minimum atomic E-state index is -1.10. The fourth-order valence-electron chi connectivity index (χ4n) is 2.01. The summed E-state index contributed by atoms with van der Waals surface area (Å²) in [5, 5.41) is 9.14. The molecule has 0 spiro atoms. The molecule has 0 aromatic heterocycles. The van der Waals surface area contributed by atoms with Gasteiger partial charge in [-0.25, -0.2) is 9.18 Å². The number of carboxylic acid groups (broad SMARTS) is 1. The van der Waals surface area contributed by atoms with E-state index in [1.54, 1.807) is 7.11 Å². The van der Waals surface area contributed by atoms with Crippen LogP contribution in [0, 0.1) is 5.82 Å². The number of benzene rings is 1. The lowest BCUT2D eigenvalue weighted by Crippen LogP contribution is -2.31. The second-order valence-electron chi connectivity index (χ2n) is 4.38. The molecule has 2 rings (SSSR count). The van der Waals surface area contributed by atoms with Crippen LogP contribution in [0.4, 0.5) is 10.1 Å². The summed E-state index contributed by atoms with van der Waals surface area (Å²) >= 11 is 0. The van der Waals surface area contributed by atoms with Crippen molar-refractivity contribution in [2.75, 3.05) is 25.2 Å². The van der Waals surface area contributed by atoms with Crippen LogP contribution in [0.15, 0.2) is 18.2 Å². The van der Waals surface area contributed by atoms with E-state index in [2.05, 4.69) is 0 Å². The average Bonchev–Trinajstić information content (AvgIpc) is 3.15. The van der Waals surface area contributed by atoms with Crippen molar-refractivity contribution < 1.29 is 19.0 Å². The topological polar surface area (TPSA) is 49.8 Å². The Morgan fingerprint density at radius 1 is 1.56 bits per heavy atom. The summed E-state index contributed by atoms with van der Waals surface area (Å²) < 4.78 is 18.2. The van der Waals surface area contributed by atoms with Crippen molar-refractivity contribution in [1.29, 1.82) is 0 Å². The molecule has 0 aliphatic heterocycles. The monoisotopic (exact) mass is 253 g/mol. The van der Waals surface area contributed by atoms with Gasteiger partial charge in [0.25, 0.3) is 0 Å². The summed E-state index contributed by atoms with van der Waals surface area (Å²) in [5.41, 5.74) is 0.585. The van der Waals surface area contributed by atoms with Crippen molar-refractivity contribution in [2.45, 2.75) is 18.9 Å². The van der Waals surface area contributed by atoms with Crippen molar-refractivity contribution in [1.82, 2.24) is 0 Å². The maximum atomic E-state index is 13.1. The summed E-state index contributed by atoms with van der Waals surface area (Å²) in [6.45, 7) is 1.14. The van der Waals surface area contributed by atoms with Gasteiger partial charge in [0.05, 0.1) is 17.9 Å². The zero-order chi connectivity index (χ0) is 13.1. The molecule has 0 bridgehead atoms. The second kappa shape index (κ2) is 5.35. The molecule has 0 heterocycles. The highest BCUT2D eigenvalue weighted by Gasteiger charge is 2.31. The van der Waals surface area contributed by atoms with Crippen LogP contribution in [0.2, 0.25) is 0 Å². The van der Waals surface area contributed by atoms with Crippen LogP contribution < -0.4 is 4.90 Å². The number of hydrogen-bond donors (Lipinski definition) is 1. The molecule has 18 heavy (non-hydrogen) atoms. The summed E-state index contributed by atoms with van der Waals surface area (Å²) in [4.78, 5) is 13.2. The number of carbonyl (C=O) groups is 1. The molecule has 1 saturated carbocycles. The molecule has 0 radical (unpaired) electrons. The first-order chi connectivity index (χ1) is 8.63. The zero-order valence-corrected chi connectivity index (χ0v) is 10.2. The van der Waals surface area contributed by atoms with E-state index in [9.17, 15) is 9.18 Å². The Morgan fingerprint density at radius 2 is 2.28 bits per heavy atom. The van der Waals surface area contributed by atoms with Crippen molar-refractivity contribution >= 4 is 11.7 Å². The fraction of sp³-hybridized carbons (Fsp3) is 0.462. The Kier molecular flexibility index (Phi) is 3.81. The molecule has 0 amide bonds. The predicted octanol–water partition coefficient (Wildman–Crippen LogP) is 2.14. The number of nitrogens with zero attached hydrogens (tertiary/aromatic N) is 1. The van der Waals surface area contributed by atoms with E-state index in [4.69, 9.17) is 9.84 Å². The van der Waals surface area contributed by atoms with Gasteiger partial charge in [0.15, 0.2) is 0 Å². The van der Waals surface area contributed by atoms with Crippen molar-refractivity contribution in [3.8, 4) is 0 Å². The van der Waals surface area contributed by atoms with Gasteiger partial charge in [-0.15, -0.1) is 0 Å². The van der Waals surface area contributed by atoms with Gasteiger partial charge in [0.2, 0.25) is 0 Å². The van der Waals surface area contributed by atoms with Crippen molar-refractivity contribution in [3.05, 3.63) is 29.6 Å². The molecule has 1 N–H and O–H groups in total. The van der Waals surface area contributed by atoms with Crippen LogP contribution in [0.5, 0.6) is 0 Å². The predicted molar refractivity (Wildman–Crippen MR) is 65.6 cm³/mol. The molecular formula is C13H16FNO3. The Bertz CT molecular complexity index is 446. The Hall–Kier alpha value is -1.62. The number of hydrogen-bond acceptors (Lipinski definition) is 3. The first-order valence-electron chi connectivity index (χ1n) is 5.92. The molecule has 0 unspecified atom stereocenters. The Labute approximate surface area is 105 Å². The lowest BCUT2D eigenvalue weighted by Gasteiger charge is -2.25. The first kappa shape index (κ1) is 12.8. The number of rotatable bonds is 6. The van der Waals surface area contributed by atoms with E-state index >= 15 is 0 Å². The number of methoxy groups -OCH3 is 1. The third-order valence-electron chi connectivity index (χ3n) is 3.02. The molecule has 5 heteroatoms. The minimum Gasteiger partial charge on any atom is -0.478 e. The molecule has 1 aliphatic rings. The second-order valence-corrected chi connectivity index (χ2v) is 4.38. The van der Waals surface area contributed by atoms with Crippen molar-refractivity contribution in [2.24, 2.45) is 0 Å². The third kappa shape index (κ3) is 2.79. The van der Waals surface area contributed by atoms with Crippen LogP contribution in [0.3, 0.4) is 0 Å². The highest BCUT2D eigenvalue weighted by molar-refractivity contribution is 5.94. The zero-order valence-electron chi connectivity index (χ0n) is 10.2. The van der Waals surface area contributed by atoms with Crippen LogP contribution in [0.1, 0.15) is 23.2 Å². The van der Waals surface area contributed by atoms with Gasteiger partial charge in [-0.05, 0) is 31.0 Å². The fourth-order valence-corrected chi connectivity index (χ4v) is 2.01. The largest absolute Gasteiger partial charge is 0.478 e. The van der Waals surface area contributed by atoms with Crippen molar-refractivity contribution in [3.63, 3.8) is 0 Å². The maximum Gasteiger partial charge on any atom is 0.337 e. The average molecular weight is 253 g/mol. The number of aromatic carboxylic acids is 1. The first-order valence-corrected chi connectivity index (χ1v) is 5.92. The Morgan fingerprint density at radius 3 is 2.83 bits per heavy atom. The number of carboxylic acids is 1. The van der Waals surface area contributed by atoms with E-state index in [0.29, 0.717) is 24.9 Å². The molecule has 4 nitrogen and oxygen atoms in total. The highest BCUT2D eigenvalue weighted by Crippen LogP contribution is 2.33. The summed E-state index contributed by atoms with van der Waals surface area (Å²) in [6, 6.07) is 4.25. The Balaban J connectivity index is 2.30. The molecule has 0 atom stereocenters. The van der Waals surface area contributed by atoms with Crippen LogP contribution in [0.25, 0.3) is 0 Å². The van der Waals surface area contributed by atoms with E-state index in [1.807, 2.05) is 4.90 Å². The third-order valence-corrected chi connectivity index (χ3v) is 3.02. The van der Waals surface area contributed by atoms with E-state index in [1.165, 1.54) is 12.1 Å². The summed E-state index contributed by atoms with van der Waals surface area (Å²) in [7, 11) is 1.61. The molecule has 0 saturated heterocycles. The number of anilines is 1. The summed E-state index contributed by atoms with van der Waals surface area (Å²) in [5.74, 6) is -1.63. The van der Waals surface area contributed by atoms with Gasteiger partial charge in [-0.3, -0.25) is 0 Å². The van der Waals surface area contributed by atoms with Gasteiger partial charge in [-0.2, -0.15) is 0 Å². The van der Waals surface area contributed by atoms with E-state index in [-0.39, 0.29) is 5.56 Å². The van der Waals surface area contributed by atoms with Crippen LogP contribution in [-0.2, 0) is 4.74 Å². The smallest absolute Gasteiger partial charge is 0.337 e. The normalized spacial score (nSPS) is 14.6. The minimum absolute atomic E-state index is 0.0120. The van der Waals surface area contributed by atoms with Gasteiger partial charge in [0.1, 0.15) is 5.82 Å². The van der Waals surface area contributed by atoms with Crippen LogP contribution in [-0.4, -0.2) is 37.4 Å². The van der Waals surface area contributed by atoms with Gasteiger partial charge in [0, 0.05) is 19.7 Å². The van der Waals surface area contributed by atoms with E-state index in [0.717, 1.165) is 18.9 Å². The van der Waals surface area contributed by atoms with Gasteiger partial charge >= 0.3 is 5.97 Å². The quantitative estimate of drug-likeness (QED) is 0.843. The molecular weight excluding hydrogens is 237 g/mol. The lowest BCUT2D eigenvalue weighted by atomic mass is 10.1. The van der Waals surface area contributed by atoms with E-state index < -0.39 is 11.8 Å². The summed E-state index contributed by atoms with van der Waals surface area (Å²) in [6.07, 6.45) is 2.08. The highest BCUT2D eigenvalue weighted by atomic mass is 19.1. The lowest BCUT2D eigenvalue weighted by molar-refractivity contribution is 0.0697. The SMILES string of the molecule is COCCN(c1ccc(F)cc1C(=O)O)C1CC1. The number of ether oxygens (including phenoxy) is 1. The molecule has 1 aromatic rings. The number of halogens is 1. The maximum absolute atomic E-state index is 13.1. The van der Waals surface area contributed by atoms with Gasteiger partial charge in [-0.1, -0.05) is 0 Å². The molecule has 98 valence electrons. The van der Waals surface area contributed by atoms with Gasteiger partial charge < -0.3 is 14.7 Å². The standard InChI is InChI=1S/C13H16FNO3/c1-18-7-6-15(10-3-4-10)12-5-2-9(14)8-11(12)13(16)17/h2,5,8,10H,3-4,6-7H2,1H3,(H,16,17). The molecule has 1 fully saturated rings. The molecule has 1 aliphatic carbocycles.